The van der Waals surface area contributed by atoms with E-state index in [2.05, 4.69) is 103 Å². The van der Waals surface area contributed by atoms with Crippen molar-refractivity contribution >= 4 is 11.8 Å². The second-order valence-electron chi connectivity index (χ2n) is 11.7. The van der Waals surface area contributed by atoms with Crippen molar-refractivity contribution in [3.63, 3.8) is 0 Å². The number of carbonyl (C=O) groups is 2. The van der Waals surface area contributed by atoms with E-state index in [0.29, 0.717) is 32.5 Å². The molecule has 0 aromatic heterocycles. The minimum Gasteiger partial charge on any atom is -0.493 e. The van der Waals surface area contributed by atoms with Crippen molar-refractivity contribution in [1.82, 2.24) is 10.6 Å². The van der Waals surface area contributed by atoms with Gasteiger partial charge in [0.15, 0.2) is 0 Å². The second-order valence-corrected chi connectivity index (χ2v) is 11.7. The molecule has 1 rings (SSSR count). The van der Waals surface area contributed by atoms with Crippen molar-refractivity contribution < 1.29 is 14.3 Å². The Labute approximate surface area is 268 Å². The van der Waals surface area contributed by atoms with E-state index >= 15 is 0 Å². The molecular weight excluding hydrogens is 544 g/mol. The van der Waals surface area contributed by atoms with Crippen LogP contribution in [0.2, 0.25) is 0 Å². The minimum absolute atomic E-state index is 0.00151. The number of carbonyl (C=O) groups excluding carboxylic acids is 2. The maximum absolute atomic E-state index is 12.6. The average Bonchev–Trinajstić information content (AvgIpc) is 3.00. The molecule has 44 heavy (non-hydrogen) atoms. The van der Waals surface area contributed by atoms with Crippen LogP contribution >= 0.6 is 0 Å². The lowest BCUT2D eigenvalue weighted by molar-refractivity contribution is -0.130. The summed E-state index contributed by atoms with van der Waals surface area (Å²) in [4.78, 5) is 24.7. The van der Waals surface area contributed by atoms with Crippen LogP contribution < -0.4 is 15.4 Å². The van der Waals surface area contributed by atoms with Gasteiger partial charge >= 0.3 is 0 Å². The highest BCUT2D eigenvalue weighted by Crippen LogP contribution is 2.24. The lowest BCUT2D eigenvalue weighted by Gasteiger charge is -2.23. The van der Waals surface area contributed by atoms with E-state index in [1.807, 2.05) is 32.9 Å². The molecule has 1 aromatic rings. The number of allylic oxidation sites excluding steroid dienone is 12. The Balaban J connectivity index is 2.05. The highest BCUT2D eigenvalue weighted by atomic mass is 16.5. The Kier molecular flexibility index (Phi) is 21.7. The van der Waals surface area contributed by atoms with Gasteiger partial charge in [-0.05, 0) is 88.8 Å². The Hall–Kier alpha value is -3.60. The third-order valence-electron chi connectivity index (χ3n) is 7.03. The van der Waals surface area contributed by atoms with Crippen molar-refractivity contribution in [1.29, 1.82) is 0 Å². The third kappa shape index (κ3) is 20.3. The maximum atomic E-state index is 12.6. The van der Waals surface area contributed by atoms with Crippen molar-refractivity contribution in [2.75, 3.05) is 19.7 Å². The van der Waals surface area contributed by atoms with Gasteiger partial charge in [-0.3, -0.25) is 9.59 Å². The van der Waals surface area contributed by atoms with E-state index in [-0.39, 0.29) is 11.8 Å². The fourth-order valence-corrected chi connectivity index (χ4v) is 4.23. The van der Waals surface area contributed by atoms with Gasteiger partial charge in [0.25, 0.3) is 0 Å². The number of hydrogen-bond acceptors (Lipinski definition) is 3. The Bertz CT molecular complexity index is 1120. The van der Waals surface area contributed by atoms with Gasteiger partial charge in [0.2, 0.25) is 11.8 Å². The zero-order valence-electron chi connectivity index (χ0n) is 28.1. The number of hydrogen-bond donors (Lipinski definition) is 2. The van der Waals surface area contributed by atoms with E-state index in [9.17, 15) is 9.59 Å². The Morgan fingerprint density at radius 1 is 0.750 bits per heavy atom. The summed E-state index contributed by atoms with van der Waals surface area (Å²) in [6, 6.07) is 6.18. The number of amides is 2. The van der Waals surface area contributed by atoms with Gasteiger partial charge in [0.05, 0.1) is 6.61 Å². The lowest BCUT2D eigenvalue weighted by atomic mass is 9.87. The summed E-state index contributed by atoms with van der Waals surface area (Å²) in [5.74, 6) is 0.905. The van der Waals surface area contributed by atoms with Gasteiger partial charge < -0.3 is 15.4 Å². The van der Waals surface area contributed by atoms with Crippen LogP contribution in [0.3, 0.4) is 0 Å². The van der Waals surface area contributed by atoms with Crippen LogP contribution in [0.1, 0.15) is 96.1 Å². The molecule has 242 valence electrons. The van der Waals surface area contributed by atoms with Crippen LogP contribution in [0, 0.1) is 19.3 Å². The van der Waals surface area contributed by atoms with Crippen LogP contribution in [-0.2, 0) is 9.59 Å². The minimum atomic E-state index is -0.495. The summed E-state index contributed by atoms with van der Waals surface area (Å²) in [5.41, 5.74) is 1.79. The molecule has 1 aromatic carbocycles. The van der Waals surface area contributed by atoms with Gasteiger partial charge in [0.1, 0.15) is 5.75 Å². The molecule has 0 aliphatic heterocycles. The lowest BCUT2D eigenvalue weighted by Crippen LogP contribution is -2.41. The van der Waals surface area contributed by atoms with Crippen LogP contribution in [0.25, 0.3) is 0 Å². The molecule has 2 amide bonds. The molecule has 0 spiro atoms. The van der Waals surface area contributed by atoms with Gasteiger partial charge in [-0.15, -0.1) is 0 Å². The number of ether oxygens (including phenoxy) is 1. The van der Waals surface area contributed by atoms with Gasteiger partial charge in [-0.2, -0.15) is 0 Å². The molecular formula is C39H58N2O3. The van der Waals surface area contributed by atoms with Crippen LogP contribution in [0.15, 0.2) is 91.1 Å². The molecule has 0 unspecified atom stereocenters. The van der Waals surface area contributed by atoms with Gasteiger partial charge in [-0.25, -0.2) is 0 Å². The first kappa shape index (κ1) is 38.4. The summed E-state index contributed by atoms with van der Waals surface area (Å²) >= 11 is 0. The van der Waals surface area contributed by atoms with E-state index in [4.69, 9.17) is 4.74 Å². The second kappa shape index (κ2) is 24.8. The van der Waals surface area contributed by atoms with Crippen molar-refractivity contribution in [3.05, 3.63) is 102 Å². The molecule has 5 nitrogen and oxygen atoms in total. The molecule has 0 aliphatic rings. The van der Waals surface area contributed by atoms with Crippen molar-refractivity contribution in [2.45, 2.75) is 98.8 Å². The average molecular weight is 603 g/mol. The first-order valence-corrected chi connectivity index (χ1v) is 16.4. The zero-order chi connectivity index (χ0) is 32.3. The van der Waals surface area contributed by atoms with Crippen molar-refractivity contribution in [2.24, 2.45) is 5.41 Å². The highest BCUT2D eigenvalue weighted by Gasteiger charge is 2.26. The number of aryl methyl sites for hydroxylation is 2. The predicted molar refractivity (Wildman–Crippen MR) is 188 cm³/mol. The summed E-state index contributed by atoms with van der Waals surface area (Å²) in [6.45, 7) is 11.6. The normalized spacial score (nSPS) is 12.6. The molecule has 5 heteroatoms. The largest absolute Gasteiger partial charge is 0.493 e. The maximum Gasteiger partial charge on any atom is 0.225 e. The molecule has 0 fully saturated rings. The summed E-state index contributed by atoms with van der Waals surface area (Å²) in [5, 5.41) is 5.84. The highest BCUT2D eigenvalue weighted by molar-refractivity contribution is 5.81. The molecule has 0 bridgehead atoms. The first-order valence-electron chi connectivity index (χ1n) is 16.4. The summed E-state index contributed by atoms with van der Waals surface area (Å²) < 4.78 is 5.92. The molecule has 0 atom stereocenters. The number of benzene rings is 1. The third-order valence-corrected chi connectivity index (χ3v) is 7.03. The standard InChI is InChI=1S/C39H58N2O3/c1-6-7-8-9-10-11-12-13-14-15-16-17-18-19-20-21-22-23-24-26-37(42)40-30-31-41-38(43)39(4,5)29-25-32-44-36-33-34(2)27-28-35(36)3/h7-8,10-11,13-14,16-17,19-20,22-23,27-28,33H,6,9,12,15,18,21,24-26,29-32H2,1-5H3,(H,40,42)(H,41,43)/b8-7-,11-10-,14-13-,17-16-,20-19-,23-22-. The molecule has 0 heterocycles. The molecule has 0 saturated heterocycles. The van der Waals surface area contributed by atoms with E-state index < -0.39 is 5.41 Å². The topological polar surface area (TPSA) is 67.4 Å². The Morgan fingerprint density at radius 2 is 1.27 bits per heavy atom. The summed E-state index contributed by atoms with van der Waals surface area (Å²) in [6.07, 6.45) is 34.6. The molecule has 0 saturated carbocycles. The van der Waals surface area contributed by atoms with E-state index in [0.717, 1.165) is 62.7 Å². The Morgan fingerprint density at radius 3 is 1.84 bits per heavy atom. The van der Waals surface area contributed by atoms with Crippen LogP contribution in [-0.4, -0.2) is 31.5 Å². The fraction of sp³-hybridized carbons (Fsp3) is 0.487. The molecule has 0 aliphatic carbocycles. The predicted octanol–water partition coefficient (Wildman–Crippen LogP) is 9.20. The summed E-state index contributed by atoms with van der Waals surface area (Å²) in [7, 11) is 0. The van der Waals surface area contributed by atoms with Gasteiger partial charge in [0, 0.05) is 24.9 Å². The molecule has 0 radical (unpaired) electrons. The molecule has 2 N–H and O–H groups in total. The van der Waals surface area contributed by atoms with Crippen LogP contribution in [0.4, 0.5) is 0 Å². The number of rotatable bonds is 23. The SMILES string of the molecule is CC/C=C\C/C=C\C/C=C\C/C=C\C/C=C\C/C=C\CCC(=O)NCCNC(=O)C(C)(C)CCCOc1cc(C)ccc1C. The quantitative estimate of drug-likeness (QED) is 0.0969. The van der Waals surface area contributed by atoms with E-state index in [1.165, 1.54) is 5.56 Å². The van der Waals surface area contributed by atoms with Gasteiger partial charge in [-0.1, -0.05) is 106 Å². The monoisotopic (exact) mass is 602 g/mol. The van der Waals surface area contributed by atoms with Crippen molar-refractivity contribution in [3.8, 4) is 5.75 Å². The number of nitrogens with one attached hydrogen (secondary N) is 2. The first-order chi connectivity index (χ1) is 21.3. The van der Waals surface area contributed by atoms with E-state index in [1.54, 1.807) is 0 Å². The van der Waals surface area contributed by atoms with Crippen LogP contribution in [0.5, 0.6) is 5.75 Å². The zero-order valence-corrected chi connectivity index (χ0v) is 28.1. The fourth-order valence-electron chi connectivity index (χ4n) is 4.23. The smallest absolute Gasteiger partial charge is 0.225 e.